The minimum Gasteiger partial charge on any atom is -0.489 e. The van der Waals surface area contributed by atoms with Crippen molar-refractivity contribution in [2.24, 2.45) is 7.05 Å². The molecular weight excluding hydrogens is 478 g/mol. The number of amides is 1. The van der Waals surface area contributed by atoms with Gasteiger partial charge in [-0.3, -0.25) is 9.59 Å². The predicted octanol–water partition coefficient (Wildman–Crippen LogP) is 5.64. The number of nitrogens with zero attached hydrogens (tertiary/aromatic N) is 2. The van der Waals surface area contributed by atoms with E-state index in [0.29, 0.717) is 22.8 Å². The van der Waals surface area contributed by atoms with Gasteiger partial charge in [0.25, 0.3) is 5.91 Å². The second-order valence-electron chi connectivity index (χ2n) is 10.3. The van der Waals surface area contributed by atoms with Crippen LogP contribution in [0.4, 0.5) is 0 Å². The van der Waals surface area contributed by atoms with E-state index >= 15 is 0 Å². The van der Waals surface area contributed by atoms with Crippen LogP contribution in [0.3, 0.4) is 0 Å². The van der Waals surface area contributed by atoms with Crippen LogP contribution in [0, 0.1) is 0 Å². The van der Waals surface area contributed by atoms with E-state index in [0.717, 1.165) is 22.6 Å². The second kappa shape index (κ2) is 11.2. The maximum absolute atomic E-state index is 12.9. The molecule has 0 unspecified atom stereocenters. The standard InChI is InChI=1S/C28H34ClN3O4/c1-17(2)36-24-12-11-20(14-22(24)29)26(35)30-21(15-25(33)34)13-18-7-9-19(10-8-18)23-16-32(6)27(31-23)28(3,4)5/h7-12,14,16-17,21H,13,15H2,1-6H3,(H,30,35)(H,33,34)/t21-/m0/s1. The molecule has 0 aliphatic heterocycles. The average molecular weight is 512 g/mol. The lowest BCUT2D eigenvalue weighted by Gasteiger charge is -2.18. The number of rotatable bonds is 9. The highest BCUT2D eigenvalue weighted by Gasteiger charge is 2.21. The summed E-state index contributed by atoms with van der Waals surface area (Å²) in [6.07, 6.45) is 2.12. The number of imidazole rings is 1. The van der Waals surface area contributed by atoms with Gasteiger partial charge in [0.2, 0.25) is 0 Å². The monoisotopic (exact) mass is 511 g/mol. The quantitative estimate of drug-likeness (QED) is 0.387. The maximum Gasteiger partial charge on any atom is 0.305 e. The number of hydrogen-bond acceptors (Lipinski definition) is 4. The number of aryl methyl sites for hydroxylation is 1. The lowest BCUT2D eigenvalue weighted by atomic mass is 9.96. The summed E-state index contributed by atoms with van der Waals surface area (Å²) >= 11 is 6.26. The van der Waals surface area contributed by atoms with Gasteiger partial charge in [0.1, 0.15) is 11.6 Å². The van der Waals surface area contributed by atoms with Crippen LogP contribution in [0.2, 0.25) is 5.02 Å². The molecule has 2 aromatic carbocycles. The topological polar surface area (TPSA) is 93.5 Å². The van der Waals surface area contributed by atoms with Crippen LogP contribution in [0.1, 0.15) is 62.8 Å². The van der Waals surface area contributed by atoms with Gasteiger partial charge in [-0.2, -0.15) is 0 Å². The SMILES string of the molecule is CC(C)Oc1ccc(C(=O)N[C@H](CC(=O)O)Cc2ccc(-c3cn(C)c(C(C)(C)C)n3)cc2)cc1Cl. The van der Waals surface area contributed by atoms with Gasteiger partial charge >= 0.3 is 5.97 Å². The molecule has 1 heterocycles. The molecule has 2 N–H and O–H groups in total. The molecule has 1 amide bonds. The van der Waals surface area contributed by atoms with Gasteiger partial charge < -0.3 is 19.7 Å². The molecule has 192 valence electrons. The van der Waals surface area contributed by atoms with Gasteiger partial charge in [-0.1, -0.05) is 56.6 Å². The van der Waals surface area contributed by atoms with Crippen molar-refractivity contribution in [2.45, 2.75) is 65.0 Å². The minimum atomic E-state index is -0.987. The number of carboxylic acid groups (broad SMARTS) is 1. The first-order valence-corrected chi connectivity index (χ1v) is 12.3. The fourth-order valence-corrected chi connectivity index (χ4v) is 4.27. The highest BCUT2D eigenvalue weighted by molar-refractivity contribution is 6.32. The van der Waals surface area contributed by atoms with E-state index in [1.165, 1.54) is 6.07 Å². The lowest BCUT2D eigenvalue weighted by Crippen LogP contribution is -2.38. The highest BCUT2D eigenvalue weighted by Crippen LogP contribution is 2.27. The van der Waals surface area contributed by atoms with E-state index in [1.807, 2.05) is 55.9 Å². The fraction of sp³-hybridized carbons (Fsp3) is 0.393. The van der Waals surface area contributed by atoms with Crippen LogP contribution in [-0.2, 0) is 23.7 Å². The van der Waals surface area contributed by atoms with E-state index in [1.54, 1.807) is 12.1 Å². The minimum absolute atomic E-state index is 0.0493. The summed E-state index contributed by atoms with van der Waals surface area (Å²) in [5.41, 5.74) is 3.04. The third kappa shape index (κ3) is 7.10. The zero-order chi connectivity index (χ0) is 26.6. The van der Waals surface area contributed by atoms with Crippen molar-refractivity contribution in [3.63, 3.8) is 0 Å². The van der Waals surface area contributed by atoms with Crippen LogP contribution >= 0.6 is 11.6 Å². The molecule has 3 aromatic rings. The Kier molecular flexibility index (Phi) is 8.46. The molecule has 0 saturated carbocycles. The van der Waals surface area contributed by atoms with Crippen LogP contribution in [0.15, 0.2) is 48.7 Å². The highest BCUT2D eigenvalue weighted by atomic mass is 35.5. The van der Waals surface area contributed by atoms with E-state index < -0.39 is 12.0 Å². The van der Waals surface area contributed by atoms with Crippen molar-refractivity contribution >= 4 is 23.5 Å². The number of benzene rings is 2. The molecule has 0 fully saturated rings. The van der Waals surface area contributed by atoms with Crippen molar-refractivity contribution in [3.05, 3.63) is 70.6 Å². The fourth-order valence-electron chi connectivity index (χ4n) is 4.04. The molecule has 0 aliphatic carbocycles. The summed E-state index contributed by atoms with van der Waals surface area (Å²) in [4.78, 5) is 29.1. The van der Waals surface area contributed by atoms with Crippen molar-refractivity contribution in [1.29, 1.82) is 0 Å². The molecular formula is C28H34ClN3O4. The Labute approximate surface area is 217 Å². The molecule has 0 spiro atoms. The number of ether oxygens (including phenoxy) is 1. The van der Waals surface area contributed by atoms with Crippen molar-refractivity contribution in [1.82, 2.24) is 14.9 Å². The average Bonchev–Trinajstić information content (AvgIpc) is 3.17. The number of aromatic nitrogens is 2. The van der Waals surface area contributed by atoms with Crippen LogP contribution in [0.5, 0.6) is 5.75 Å². The number of nitrogens with one attached hydrogen (secondary N) is 1. The lowest BCUT2D eigenvalue weighted by molar-refractivity contribution is -0.137. The number of aliphatic carboxylic acids is 1. The summed E-state index contributed by atoms with van der Waals surface area (Å²) in [6, 6.07) is 12.0. The summed E-state index contributed by atoms with van der Waals surface area (Å²) < 4.78 is 7.65. The van der Waals surface area contributed by atoms with Crippen LogP contribution in [0.25, 0.3) is 11.3 Å². The first-order chi connectivity index (χ1) is 16.8. The molecule has 36 heavy (non-hydrogen) atoms. The maximum atomic E-state index is 12.9. The smallest absolute Gasteiger partial charge is 0.305 e. The summed E-state index contributed by atoms with van der Waals surface area (Å²) in [5.74, 6) is 0.112. The zero-order valence-electron chi connectivity index (χ0n) is 21.6. The largest absolute Gasteiger partial charge is 0.489 e. The third-order valence-corrected chi connectivity index (χ3v) is 5.89. The number of carbonyl (C=O) groups is 2. The second-order valence-corrected chi connectivity index (χ2v) is 10.7. The van der Waals surface area contributed by atoms with Gasteiger partial charge in [-0.15, -0.1) is 0 Å². The molecule has 0 aliphatic rings. The van der Waals surface area contributed by atoms with Gasteiger partial charge in [0.05, 0.1) is 23.2 Å². The number of hydrogen-bond donors (Lipinski definition) is 2. The number of carbonyl (C=O) groups excluding carboxylic acids is 1. The van der Waals surface area contributed by atoms with E-state index in [9.17, 15) is 14.7 Å². The predicted molar refractivity (Wildman–Crippen MR) is 142 cm³/mol. The third-order valence-electron chi connectivity index (χ3n) is 5.59. The van der Waals surface area contributed by atoms with Crippen molar-refractivity contribution in [3.8, 4) is 17.0 Å². The molecule has 8 heteroatoms. The molecule has 7 nitrogen and oxygen atoms in total. The van der Waals surface area contributed by atoms with Crippen molar-refractivity contribution < 1.29 is 19.4 Å². The Morgan fingerprint density at radius 1 is 1.14 bits per heavy atom. The van der Waals surface area contributed by atoms with Gasteiger partial charge in [-0.05, 0) is 44.0 Å². The Hall–Kier alpha value is -3.32. The van der Waals surface area contributed by atoms with E-state index in [-0.39, 0.29) is 23.8 Å². The van der Waals surface area contributed by atoms with Crippen LogP contribution in [-0.4, -0.2) is 38.7 Å². The van der Waals surface area contributed by atoms with Crippen LogP contribution < -0.4 is 10.1 Å². The molecule has 0 bridgehead atoms. The van der Waals surface area contributed by atoms with Gasteiger partial charge in [0, 0.05) is 35.8 Å². The first-order valence-electron chi connectivity index (χ1n) is 12.0. The van der Waals surface area contributed by atoms with Gasteiger partial charge in [-0.25, -0.2) is 4.98 Å². The molecule has 0 saturated heterocycles. The molecule has 1 aromatic heterocycles. The summed E-state index contributed by atoms with van der Waals surface area (Å²) in [7, 11) is 1.99. The van der Waals surface area contributed by atoms with E-state index in [2.05, 4.69) is 26.1 Å². The number of halogens is 1. The molecule has 3 rings (SSSR count). The Bertz CT molecular complexity index is 1230. The first kappa shape index (κ1) is 27.3. The Morgan fingerprint density at radius 3 is 2.33 bits per heavy atom. The summed E-state index contributed by atoms with van der Waals surface area (Å²) in [5, 5.41) is 12.6. The number of carboxylic acids is 1. The zero-order valence-corrected chi connectivity index (χ0v) is 22.4. The van der Waals surface area contributed by atoms with Gasteiger partial charge in [0.15, 0.2) is 0 Å². The van der Waals surface area contributed by atoms with E-state index in [4.69, 9.17) is 21.3 Å². The van der Waals surface area contributed by atoms with Crippen molar-refractivity contribution in [2.75, 3.05) is 0 Å². The summed E-state index contributed by atoms with van der Waals surface area (Å²) in [6.45, 7) is 10.2. The molecule has 0 radical (unpaired) electrons. The Balaban J connectivity index is 1.73. The molecule has 1 atom stereocenters. The normalized spacial score (nSPS) is 12.4. The Morgan fingerprint density at radius 2 is 1.81 bits per heavy atom.